The monoisotopic (exact) mass is 311 g/mol. The van der Waals surface area contributed by atoms with Crippen LogP contribution < -0.4 is 10.1 Å². The summed E-state index contributed by atoms with van der Waals surface area (Å²) in [5, 5.41) is 5.38. The van der Waals surface area contributed by atoms with Crippen LogP contribution in [0, 0.1) is 0 Å². The first-order chi connectivity index (χ1) is 11.3. The van der Waals surface area contributed by atoms with Crippen molar-refractivity contribution in [1.29, 1.82) is 0 Å². The van der Waals surface area contributed by atoms with E-state index in [1.807, 2.05) is 36.4 Å². The Morgan fingerprint density at radius 2 is 1.61 bits per heavy atom. The molecule has 1 amide bonds. The third-order valence-corrected chi connectivity index (χ3v) is 4.75. The van der Waals surface area contributed by atoms with E-state index in [1.54, 1.807) is 7.11 Å². The number of nitrogens with one attached hydrogen (secondary N) is 1. The highest BCUT2D eigenvalue weighted by atomic mass is 16.5. The molecule has 1 fully saturated rings. The highest BCUT2D eigenvalue weighted by molar-refractivity contribution is 6.01. The van der Waals surface area contributed by atoms with Crippen LogP contribution in [0.3, 0.4) is 0 Å². The summed E-state index contributed by atoms with van der Waals surface area (Å²) in [6, 6.07) is 12.2. The highest BCUT2D eigenvalue weighted by Crippen LogP contribution is 2.26. The van der Waals surface area contributed by atoms with Gasteiger partial charge in [0.05, 0.1) is 12.7 Å². The summed E-state index contributed by atoms with van der Waals surface area (Å²) in [6.45, 7) is 0. The third kappa shape index (κ3) is 3.84. The summed E-state index contributed by atoms with van der Waals surface area (Å²) in [4.78, 5) is 12.7. The molecule has 1 aliphatic carbocycles. The van der Waals surface area contributed by atoms with E-state index in [2.05, 4.69) is 5.32 Å². The van der Waals surface area contributed by atoms with Gasteiger partial charge in [-0.05, 0) is 35.7 Å². The summed E-state index contributed by atoms with van der Waals surface area (Å²) in [7, 11) is 1.62. The molecule has 3 nitrogen and oxygen atoms in total. The van der Waals surface area contributed by atoms with E-state index in [-0.39, 0.29) is 5.91 Å². The largest absolute Gasteiger partial charge is 0.496 e. The first kappa shape index (κ1) is 15.9. The lowest BCUT2D eigenvalue weighted by Gasteiger charge is -2.21. The van der Waals surface area contributed by atoms with E-state index >= 15 is 0 Å². The molecule has 1 N–H and O–H groups in total. The molecule has 2 aromatic carbocycles. The van der Waals surface area contributed by atoms with E-state index in [9.17, 15) is 4.79 Å². The minimum atomic E-state index is -0.0156. The number of methoxy groups -OCH3 is 1. The Kier molecular flexibility index (Phi) is 5.16. The van der Waals surface area contributed by atoms with Gasteiger partial charge in [0, 0.05) is 6.04 Å². The van der Waals surface area contributed by atoms with Gasteiger partial charge in [0.25, 0.3) is 5.91 Å². The van der Waals surface area contributed by atoms with Gasteiger partial charge in [0.1, 0.15) is 5.75 Å². The van der Waals surface area contributed by atoms with Crippen molar-refractivity contribution in [2.45, 2.75) is 51.0 Å². The normalized spacial score (nSPS) is 16.6. The third-order valence-electron chi connectivity index (χ3n) is 4.75. The number of hydrogen-bond donors (Lipinski definition) is 1. The number of fused-ring (bicyclic) bond motifs is 1. The second-order valence-corrected chi connectivity index (χ2v) is 6.42. The average molecular weight is 311 g/mol. The summed E-state index contributed by atoms with van der Waals surface area (Å²) >= 11 is 0. The first-order valence-electron chi connectivity index (χ1n) is 8.65. The van der Waals surface area contributed by atoms with Crippen molar-refractivity contribution in [3.05, 3.63) is 42.0 Å². The lowest BCUT2D eigenvalue weighted by molar-refractivity contribution is 0.0927. The summed E-state index contributed by atoms with van der Waals surface area (Å²) in [6.07, 6.45) is 8.49. The van der Waals surface area contributed by atoms with E-state index in [4.69, 9.17) is 4.74 Å². The van der Waals surface area contributed by atoms with Gasteiger partial charge >= 0.3 is 0 Å². The van der Waals surface area contributed by atoms with Crippen molar-refractivity contribution in [1.82, 2.24) is 5.32 Å². The quantitative estimate of drug-likeness (QED) is 0.893. The number of amides is 1. The van der Waals surface area contributed by atoms with Crippen molar-refractivity contribution in [3.63, 3.8) is 0 Å². The van der Waals surface area contributed by atoms with Crippen LogP contribution in [0.5, 0.6) is 5.75 Å². The number of benzene rings is 2. The number of rotatable bonds is 3. The lowest BCUT2D eigenvalue weighted by Crippen LogP contribution is -2.35. The van der Waals surface area contributed by atoms with Gasteiger partial charge in [-0.2, -0.15) is 0 Å². The molecular weight excluding hydrogens is 286 g/mol. The van der Waals surface area contributed by atoms with E-state index in [0.29, 0.717) is 17.4 Å². The molecule has 1 saturated carbocycles. The Labute approximate surface area is 138 Å². The lowest BCUT2D eigenvalue weighted by atomic mass is 9.96. The highest BCUT2D eigenvalue weighted by Gasteiger charge is 2.18. The van der Waals surface area contributed by atoms with Crippen LogP contribution >= 0.6 is 0 Å². The molecule has 122 valence electrons. The molecule has 0 aliphatic heterocycles. The van der Waals surface area contributed by atoms with Crippen LogP contribution in [-0.4, -0.2) is 19.1 Å². The summed E-state index contributed by atoms with van der Waals surface area (Å²) < 4.78 is 5.45. The van der Waals surface area contributed by atoms with Gasteiger partial charge < -0.3 is 10.1 Å². The van der Waals surface area contributed by atoms with Crippen LogP contribution in [0.4, 0.5) is 0 Å². The summed E-state index contributed by atoms with van der Waals surface area (Å²) in [5.74, 6) is 0.630. The fourth-order valence-electron chi connectivity index (χ4n) is 3.43. The second kappa shape index (κ2) is 7.49. The number of carbonyl (C=O) groups excluding carboxylic acids is 1. The van der Waals surface area contributed by atoms with Crippen molar-refractivity contribution < 1.29 is 9.53 Å². The Hall–Kier alpha value is -2.03. The molecule has 0 spiro atoms. The van der Waals surface area contributed by atoms with Gasteiger partial charge in [0.2, 0.25) is 0 Å². The van der Waals surface area contributed by atoms with Crippen molar-refractivity contribution in [3.8, 4) is 5.75 Å². The fraction of sp³-hybridized carbons (Fsp3) is 0.450. The van der Waals surface area contributed by atoms with Crippen LogP contribution in [0.25, 0.3) is 10.8 Å². The second-order valence-electron chi connectivity index (χ2n) is 6.42. The van der Waals surface area contributed by atoms with Crippen molar-refractivity contribution in [2.24, 2.45) is 0 Å². The minimum absolute atomic E-state index is 0.0156. The standard InChI is InChI=1S/C20H25NO2/c1-23-19-14-16-10-8-7-9-15(16)13-18(19)20(22)21-17-11-5-3-2-4-6-12-17/h7-10,13-14,17H,2-6,11-12H2,1H3,(H,21,22). The van der Waals surface area contributed by atoms with Crippen molar-refractivity contribution in [2.75, 3.05) is 7.11 Å². The Morgan fingerprint density at radius 1 is 1.00 bits per heavy atom. The molecule has 23 heavy (non-hydrogen) atoms. The molecule has 0 unspecified atom stereocenters. The minimum Gasteiger partial charge on any atom is -0.496 e. The SMILES string of the molecule is COc1cc2ccccc2cc1C(=O)NC1CCCCCCC1. The smallest absolute Gasteiger partial charge is 0.255 e. The topological polar surface area (TPSA) is 38.3 Å². The molecule has 2 aromatic rings. The predicted octanol–water partition coefficient (Wildman–Crippen LogP) is 4.69. The molecule has 0 aromatic heterocycles. The average Bonchev–Trinajstić information content (AvgIpc) is 2.55. The number of hydrogen-bond acceptors (Lipinski definition) is 2. The Balaban J connectivity index is 1.81. The van der Waals surface area contributed by atoms with Gasteiger partial charge in [-0.15, -0.1) is 0 Å². The maximum atomic E-state index is 12.7. The molecule has 0 heterocycles. The van der Waals surface area contributed by atoms with E-state index in [1.165, 1.54) is 32.1 Å². The predicted molar refractivity (Wildman–Crippen MR) is 94.1 cm³/mol. The molecule has 3 heteroatoms. The van der Waals surface area contributed by atoms with Crippen LogP contribution in [0.1, 0.15) is 55.3 Å². The molecule has 1 aliphatic rings. The molecular formula is C20H25NO2. The zero-order valence-corrected chi connectivity index (χ0v) is 13.8. The van der Waals surface area contributed by atoms with Gasteiger partial charge in [-0.3, -0.25) is 4.79 Å². The Bertz CT molecular complexity index is 672. The molecule has 3 rings (SSSR count). The van der Waals surface area contributed by atoms with Crippen LogP contribution in [-0.2, 0) is 0 Å². The molecule has 0 saturated heterocycles. The summed E-state index contributed by atoms with van der Waals surface area (Å²) in [5.41, 5.74) is 0.633. The number of ether oxygens (including phenoxy) is 1. The van der Waals surface area contributed by atoms with Gasteiger partial charge in [-0.25, -0.2) is 0 Å². The van der Waals surface area contributed by atoms with Gasteiger partial charge in [0.15, 0.2) is 0 Å². The van der Waals surface area contributed by atoms with E-state index in [0.717, 1.165) is 23.6 Å². The fourth-order valence-corrected chi connectivity index (χ4v) is 3.43. The number of carbonyl (C=O) groups is 1. The zero-order chi connectivity index (χ0) is 16.1. The van der Waals surface area contributed by atoms with E-state index < -0.39 is 0 Å². The maximum Gasteiger partial charge on any atom is 0.255 e. The first-order valence-corrected chi connectivity index (χ1v) is 8.65. The van der Waals surface area contributed by atoms with Gasteiger partial charge in [-0.1, -0.05) is 56.4 Å². The molecule has 0 atom stereocenters. The molecule has 0 radical (unpaired) electrons. The molecule has 0 bridgehead atoms. The zero-order valence-electron chi connectivity index (χ0n) is 13.8. The Morgan fingerprint density at radius 3 is 2.26 bits per heavy atom. The maximum absolute atomic E-state index is 12.7. The van der Waals surface area contributed by atoms with Crippen LogP contribution in [0.15, 0.2) is 36.4 Å². The van der Waals surface area contributed by atoms with Crippen LogP contribution in [0.2, 0.25) is 0 Å². The van der Waals surface area contributed by atoms with Crippen molar-refractivity contribution >= 4 is 16.7 Å².